The summed E-state index contributed by atoms with van der Waals surface area (Å²) in [5, 5.41) is 7.25. The van der Waals surface area contributed by atoms with Gasteiger partial charge in [0.1, 0.15) is 11.6 Å². The van der Waals surface area contributed by atoms with Crippen LogP contribution in [0.1, 0.15) is 5.56 Å². The molecule has 1 aromatic carbocycles. The second-order valence-electron chi connectivity index (χ2n) is 2.39. The highest BCUT2D eigenvalue weighted by atomic mass is 79.9. The topological polar surface area (TPSA) is 59.1 Å². The van der Waals surface area contributed by atoms with Gasteiger partial charge in [0.05, 0.1) is 16.1 Å². The van der Waals surface area contributed by atoms with Gasteiger partial charge in [0.25, 0.3) is 0 Å². The van der Waals surface area contributed by atoms with Crippen LogP contribution in [0.25, 0.3) is 0 Å². The van der Waals surface area contributed by atoms with Crippen LogP contribution < -0.4 is 10.5 Å². The molecule has 0 saturated carbocycles. The van der Waals surface area contributed by atoms with Crippen molar-refractivity contribution in [1.29, 1.82) is 5.41 Å². The fourth-order valence-corrected chi connectivity index (χ4v) is 2.42. The van der Waals surface area contributed by atoms with Crippen LogP contribution in [0, 0.1) is 5.41 Å². The first-order valence-corrected chi connectivity index (χ1v) is 5.02. The zero-order valence-corrected chi connectivity index (χ0v) is 10.1. The highest BCUT2D eigenvalue weighted by Crippen LogP contribution is 2.34. The summed E-state index contributed by atoms with van der Waals surface area (Å²) in [6, 6.07) is 3.48. The third kappa shape index (κ3) is 2.22. The van der Waals surface area contributed by atoms with Gasteiger partial charge in [0.15, 0.2) is 0 Å². The van der Waals surface area contributed by atoms with E-state index in [1.54, 1.807) is 19.2 Å². The first-order valence-electron chi connectivity index (χ1n) is 3.43. The minimum atomic E-state index is 0.0315. The van der Waals surface area contributed by atoms with Crippen molar-refractivity contribution in [1.82, 2.24) is 0 Å². The zero-order chi connectivity index (χ0) is 10.0. The molecule has 0 aliphatic rings. The smallest absolute Gasteiger partial charge is 0.147 e. The Labute approximate surface area is 93.0 Å². The van der Waals surface area contributed by atoms with Crippen LogP contribution in [0.2, 0.25) is 0 Å². The highest BCUT2D eigenvalue weighted by molar-refractivity contribution is 9.11. The van der Waals surface area contributed by atoms with Crippen molar-refractivity contribution in [2.75, 3.05) is 7.11 Å². The molecule has 5 heteroatoms. The molecule has 0 heterocycles. The molecule has 0 bridgehead atoms. The minimum absolute atomic E-state index is 0.0315. The standard InChI is InChI=1S/C8H8Br2N2O/c1-13-7-5(9)2-4(8(11)12)3-6(7)10/h2-3H,1H3,(H3,11,12). The summed E-state index contributed by atoms with van der Waals surface area (Å²) in [6.07, 6.45) is 0. The lowest BCUT2D eigenvalue weighted by atomic mass is 10.2. The van der Waals surface area contributed by atoms with Gasteiger partial charge in [-0.15, -0.1) is 0 Å². The Balaban J connectivity index is 3.28. The number of nitrogens with two attached hydrogens (primary N) is 1. The molecule has 0 atom stereocenters. The summed E-state index contributed by atoms with van der Waals surface area (Å²) in [7, 11) is 1.58. The van der Waals surface area contributed by atoms with E-state index >= 15 is 0 Å². The summed E-state index contributed by atoms with van der Waals surface area (Å²) in [6.45, 7) is 0. The number of benzene rings is 1. The average Bonchev–Trinajstić information content (AvgIpc) is 2.03. The van der Waals surface area contributed by atoms with Crippen LogP contribution in [0.5, 0.6) is 5.75 Å². The lowest BCUT2D eigenvalue weighted by Crippen LogP contribution is -2.11. The van der Waals surface area contributed by atoms with Crippen LogP contribution in [0.3, 0.4) is 0 Å². The van der Waals surface area contributed by atoms with Crippen molar-refractivity contribution in [3.05, 3.63) is 26.6 Å². The van der Waals surface area contributed by atoms with E-state index in [0.29, 0.717) is 11.3 Å². The van der Waals surface area contributed by atoms with Crippen LogP contribution in [0.15, 0.2) is 21.1 Å². The third-order valence-electron chi connectivity index (χ3n) is 1.51. The molecule has 13 heavy (non-hydrogen) atoms. The van der Waals surface area contributed by atoms with Crippen molar-refractivity contribution in [3.63, 3.8) is 0 Å². The first kappa shape index (κ1) is 10.5. The quantitative estimate of drug-likeness (QED) is 0.651. The number of halogens is 2. The molecular formula is C8H8Br2N2O. The Kier molecular flexibility index (Phi) is 3.33. The van der Waals surface area contributed by atoms with Gasteiger partial charge in [-0.2, -0.15) is 0 Å². The molecule has 70 valence electrons. The van der Waals surface area contributed by atoms with Gasteiger partial charge in [-0.3, -0.25) is 5.41 Å². The molecule has 0 amide bonds. The predicted octanol–water partition coefficient (Wildman–Crippen LogP) is 2.50. The fraction of sp³-hybridized carbons (Fsp3) is 0.125. The van der Waals surface area contributed by atoms with Gasteiger partial charge in [-0.25, -0.2) is 0 Å². The van der Waals surface area contributed by atoms with E-state index in [1.165, 1.54) is 0 Å². The van der Waals surface area contributed by atoms with E-state index in [1.807, 2.05) is 0 Å². The molecular weight excluding hydrogens is 300 g/mol. The van der Waals surface area contributed by atoms with Gasteiger partial charge >= 0.3 is 0 Å². The first-order chi connectivity index (χ1) is 6.06. The molecule has 0 spiro atoms. The van der Waals surface area contributed by atoms with E-state index in [2.05, 4.69) is 31.9 Å². The zero-order valence-electron chi connectivity index (χ0n) is 6.90. The lowest BCUT2D eigenvalue weighted by Gasteiger charge is -2.07. The van der Waals surface area contributed by atoms with E-state index < -0.39 is 0 Å². The Morgan fingerprint density at radius 1 is 1.38 bits per heavy atom. The second kappa shape index (κ2) is 4.11. The summed E-state index contributed by atoms with van der Waals surface area (Å²) in [4.78, 5) is 0. The fourth-order valence-electron chi connectivity index (χ4n) is 0.910. The Hall–Kier alpha value is -0.550. The molecule has 3 nitrogen and oxygen atoms in total. The molecule has 1 aromatic rings. The van der Waals surface area contributed by atoms with Crippen molar-refractivity contribution >= 4 is 37.7 Å². The van der Waals surface area contributed by atoms with E-state index in [4.69, 9.17) is 15.9 Å². The molecule has 1 rings (SSSR count). The number of hydrogen-bond donors (Lipinski definition) is 2. The highest BCUT2D eigenvalue weighted by Gasteiger charge is 2.08. The van der Waals surface area contributed by atoms with Crippen LogP contribution in [-0.2, 0) is 0 Å². The van der Waals surface area contributed by atoms with Gasteiger partial charge in [-0.05, 0) is 44.0 Å². The van der Waals surface area contributed by atoms with Gasteiger partial charge in [-0.1, -0.05) is 0 Å². The molecule has 3 N–H and O–H groups in total. The normalized spacial score (nSPS) is 9.77. The largest absolute Gasteiger partial charge is 0.494 e. The van der Waals surface area contributed by atoms with E-state index in [0.717, 1.165) is 8.95 Å². The number of amidine groups is 1. The maximum atomic E-state index is 7.25. The monoisotopic (exact) mass is 306 g/mol. The van der Waals surface area contributed by atoms with E-state index in [9.17, 15) is 0 Å². The maximum Gasteiger partial charge on any atom is 0.147 e. The number of nitrogen functional groups attached to an aromatic ring is 1. The van der Waals surface area contributed by atoms with Crippen molar-refractivity contribution < 1.29 is 4.74 Å². The number of rotatable bonds is 2. The second-order valence-corrected chi connectivity index (χ2v) is 4.10. The van der Waals surface area contributed by atoms with Crippen molar-refractivity contribution in [3.8, 4) is 5.75 Å². The Morgan fingerprint density at radius 3 is 2.15 bits per heavy atom. The van der Waals surface area contributed by atoms with Crippen molar-refractivity contribution in [2.24, 2.45) is 5.73 Å². The Morgan fingerprint density at radius 2 is 1.85 bits per heavy atom. The minimum Gasteiger partial charge on any atom is -0.494 e. The SMILES string of the molecule is COc1c(Br)cc(C(=N)N)cc1Br. The van der Waals surface area contributed by atoms with E-state index in [-0.39, 0.29) is 5.84 Å². The maximum absolute atomic E-state index is 7.25. The van der Waals surface area contributed by atoms with Crippen LogP contribution in [-0.4, -0.2) is 12.9 Å². The summed E-state index contributed by atoms with van der Waals surface area (Å²) in [5.41, 5.74) is 6.00. The molecule has 0 radical (unpaired) electrons. The van der Waals surface area contributed by atoms with Crippen molar-refractivity contribution in [2.45, 2.75) is 0 Å². The third-order valence-corrected chi connectivity index (χ3v) is 2.69. The molecule has 0 aromatic heterocycles. The average molecular weight is 308 g/mol. The number of ether oxygens (including phenoxy) is 1. The summed E-state index contributed by atoms with van der Waals surface area (Å²) in [5.74, 6) is 0.731. The molecule has 0 saturated heterocycles. The van der Waals surface area contributed by atoms with Gasteiger partial charge in [0.2, 0.25) is 0 Å². The van der Waals surface area contributed by atoms with Gasteiger partial charge in [0, 0.05) is 5.56 Å². The van der Waals surface area contributed by atoms with Crippen LogP contribution >= 0.6 is 31.9 Å². The molecule has 0 unspecified atom stereocenters. The summed E-state index contributed by atoms with van der Waals surface area (Å²) < 4.78 is 6.65. The lowest BCUT2D eigenvalue weighted by molar-refractivity contribution is 0.409. The number of nitrogens with one attached hydrogen (secondary N) is 1. The molecule has 0 aliphatic heterocycles. The molecule has 0 aliphatic carbocycles. The molecule has 0 fully saturated rings. The predicted molar refractivity (Wildman–Crippen MR) is 59.4 cm³/mol. The Bertz CT molecular complexity index is 329. The van der Waals surface area contributed by atoms with Crippen LogP contribution in [0.4, 0.5) is 0 Å². The summed E-state index contributed by atoms with van der Waals surface area (Å²) >= 11 is 6.64. The number of hydrogen-bond acceptors (Lipinski definition) is 2. The number of methoxy groups -OCH3 is 1. The van der Waals surface area contributed by atoms with Gasteiger partial charge < -0.3 is 10.5 Å².